The summed E-state index contributed by atoms with van der Waals surface area (Å²) >= 11 is 0. The van der Waals surface area contributed by atoms with Crippen molar-refractivity contribution in [1.29, 1.82) is 0 Å². The van der Waals surface area contributed by atoms with Gasteiger partial charge >= 0.3 is 0 Å². The molecule has 1 aliphatic rings. The Labute approximate surface area is 116 Å². The lowest BCUT2D eigenvalue weighted by Gasteiger charge is -2.15. The Morgan fingerprint density at radius 3 is 2.80 bits per heavy atom. The van der Waals surface area contributed by atoms with E-state index in [0.29, 0.717) is 12.1 Å². The number of benzene rings is 1. The van der Waals surface area contributed by atoms with Crippen molar-refractivity contribution in [2.45, 2.75) is 6.54 Å². The van der Waals surface area contributed by atoms with Crippen molar-refractivity contribution in [2.75, 3.05) is 13.6 Å². The van der Waals surface area contributed by atoms with E-state index in [-0.39, 0.29) is 18.4 Å². The van der Waals surface area contributed by atoms with E-state index in [4.69, 9.17) is 0 Å². The lowest BCUT2D eigenvalue weighted by molar-refractivity contribution is -0.121. The molecule has 1 aromatic carbocycles. The number of aromatic nitrogens is 2. The van der Waals surface area contributed by atoms with Crippen LogP contribution in [0.1, 0.15) is 16.1 Å². The summed E-state index contributed by atoms with van der Waals surface area (Å²) in [6.45, 7) is 0.468. The highest BCUT2D eigenvalue weighted by Gasteiger charge is 2.32. The average molecular weight is 270 g/mol. The maximum Gasteiger partial charge on any atom is 0.258 e. The van der Waals surface area contributed by atoms with Gasteiger partial charge < -0.3 is 10.2 Å². The molecule has 0 aliphatic carbocycles. The smallest absolute Gasteiger partial charge is 0.258 e. The first kappa shape index (κ1) is 12.4. The molecule has 6 heteroatoms. The number of amides is 2. The SMILES string of the molecule is CNC(=O)CN1Cc2c(cnn2-c2ccccc2)C1=O. The van der Waals surface area contributed by atoms with Crippen molar-refractivity contribution >= 4 is 11.8 Å². The minimum absolute atomic E-state index is 0.0683. The number of fused-ring (bicyclic) bond motifs is 1. The third-order valence-electron chi connectivity index (χ3n) is 3.34. The lowest BCUT2D eigenvalue weighted by Crippen LogP contribution is -2.36. The molecule has 0 atom stereocenters. The summed E-state index contributed by atoms with van der Waals surface area (Å²) in [5.41, 5.74) is 2.30. The zero-order chi connectivity index (χ0) is 14.1. The Hall–Kier alpha value is -2.63. The molecule has 0 radical (unpaired) electrons. The molecule has 0 unspecified atom stereocenters. The van der Waals surface area contributed by atoms with Crippen LogP contribution in [0.5, 0.6) is 0 Å². The van der Waals surface area contributed by atoms with Gasteiger partial charge in [0.25, 0.3) is 5.91 Å². The number of nitrogens with one attached hydrogen (secondary N) is 1. The maximum absolute atomic E-state index is 12.2. The maximum atomic E-state index is 12.2. The molecule has 1 N–H and O–H groups in total. The molecule has 0 spiro atoms. The van der Waals surface area contributed by atoms with Gasteiger partial charge in [-0.15, -0.1) is 0 Å². The van der Waals surface area contributed by atoms with Crippen LogP contribution in [0.2, 0.25) is 0 Å². The Balaban J connectivity index is 1.91. The molecular formula is C14H14N4O2. The summed E-state index contributed by atoms with van der Waals surface area (Å²) in [4.78, 5) is 25.1. The fourth-order valence-electron chi connectivity index (χ4n) is 2.30. The molecule has 2 heterocycles. The molecule has 0 bridgehead atoms. The molecule has 3 rings (SSSR count). The van der Waals surface area contributed by atoms with E-state index in [1.54, 1.807) is 17.9 Å². The fraction of sp³-hybridized carbons (Fsp3) is 0.214. The lowest BCUT2D eigenvalue weighted by atomic mass is 10.2. The predicted octanol–water partition coefficient (Wildman–Crippen LogP) is 0.574. The molecule has 1 aromatic heterocycles. The molecule has 2 aromatic rings. The van der Waals surface area contributed by atoms with Crippen LogP contribution in [0, 0.1) is 0 Å². The van der Waals surface area contributed by atoms with E-state index < -0.39 is 0 Å². The van der Waals surface area contributed by atoms with Crippen molar-refractivity contribution in [3.8, 4) is 5.69 Å². The van der Waals surface area contributed by atoms with Crippen molar-refractivity contribution in [3.63, 3.8) is 0 Å². The predicted molar refractivity (Wildman–Crippen MR) is 72.4 cm³/mol. The molecule has 2 amide bonds. The summed E-state index contributed by atoms with van der Waals surface area (Å²) < 4.78 is 1.75. The standard InChI is InChI=1S/C14H14N4O2/c1-15-13(19)9-17-8-12-11(14(17)20)7-16-18(12)10-5-3-2-4-6-10/h2-7H,8-9H2,1H3,(H,15,19). The van der Waals surface area contributed by atoms with E-state index in [1.165, 1.54) is 4.90 Å². The molecule has 6 nitrogen and oxygen atoms in total. The summed E-state index contributed by atoms with van der Waals surface area (Å²) in [6.07, 6.45) is 1.56. The second-order valence-corrected chi connectivity index (χ2v) is 4.59. The average Bonchev–Trinajstić information content (AvgIpc) is 3.01. The molecule has 0 saturated carbocycles. The number of nitrogens with zero attached hydrogens (tertiary/aromatic N) is 3. The van der Waals surface area contributed by atoms with Crippen LogP contribution in [-0.4, -0.2) is 40.1 Å². The quantitative estimate of drug-likeness (QED) is 0.887. The zero-order valence-electron chi connectivity index (χ0n) is 11.0. The highest BCUT2D eigenvalue weighted by atomic mass is 16.2. The number of likely N-dealkylation sites (N-methyl/N-ethyl adjacent to an activating group) is 1. The van der Waals surface area contributed by atoms with Gasteiger partial charge in [-0.25, -0.2) is 4.68 Å². The van der Waals surface area contributed by atoms with Gasteiger partial charge in [0, 0.05) is 7.05 Å². The normalized spacial score (nSPS) is 13.4. The third-order valence-corrected chi connectivity index (χ3v) is 3.34. The highest BCUT2D eigenvalue weighted by Crippen LogP contribution is 2.24. The van der Waals surface area contributed by atoms with E-state index in [2.05, 4.69) is 10.4 Å². The highest BCUT2D eigenvalue weighted by molar-refractivity contribution is 5.99. The largest absolute Gasteiger partial charge is 0.358 e. The Kier molecular flexibility index (Phi) is 2.98. The number of carbonyl (C=O) groups is 2. The minimum Gasteiger partial charge on any atom is -0.358 e. The van der Waals surface area contributed by atoms with Gasteiger partial charge in [-0.3, -0.25) is 9.59 Å². The molecular weight excluding hydrogens is 256 g/mol. The summed E-state index contributed by atoms with van der Waals surface area (Å²) in [5, 5.41) is 6.78. The Morgan fingerprint density at radius 1 is 1.35 bits per heavy atom. The van der Waals surface area contributed by atoms with Crippen LogP contribution in [0.4, 0.5) is 0 Å². The second kappa shape index (κ2) is 4.80. The van der Waals surface area contributed by atoms with Gasteiger partial charge in [0.15, 0.2) is 0 Å². The van der Waals surface area contributed by atoms with E-state index >= 15 is 0 Å². The van der Waals surface area contributed by atoms with Crippen LogP contribution in [0.3, 0.4) is 0 Å². The number of hydrogen-bond acceptors (Lipinski definition) is 3. The van der Waals surface area contributed by atoms with Gasteiger partial charge in [0.2, 0.25) is 5.91 Å². The van der Waals surface area contributed by atoms with Crippen molar-refractivity contribution in [2.24, 2.45) is 0 Å². The van der Waals surface area contributed by atoms with E-state index in [1.807, 2.05) is 30.3 Å². The molecule has 0 fully saturated rings. The fourth-order valence-corrected chi connectivity index (χ4v) is 2.30. The molecule has 1 aliphatic heterocycles. The topological polar surface area (TPSA) is 67.2 Å². The number of para-hydroxylation sites is 1. The summed E-state index contributed by atoms with van der Waals surface area (Å²) in [7, 11) is 1.56. The van der Waals surface area contributed by atoms with Crippen LogP contribution in [-0.2, 0) is 11.3 Å². The third kappa shape index (κ3) is 1.95. The molecule has 0 saturated heterocycles. The number of hydrogen-bond donors (Lipinski definition) is 1. The monoisotopic (exact) mass is 270 g/mol. The Bertz CT molecular complexity index is 663. The summed E-state index contributed by atoms with van der Waals surface area (Å²) in [5.74, 6) is -0.325. The number of rotatable bonds is 3. The summed E-state index contributed by atoms with van der Waals surface area (Å²) in [6, 6.07) is 9.62. The van der Waals surface area contributed by atoms with Gasteiger partial charge in [-0.2, -0.15) is 5.10 Å². The van der Waals surface area contributed by atoms with Gasteiger partial charge in [-0.05, 0) is 12.1 Å². The van der Waals surface area contributed by atoms with Crippen LogP contribution < -0.4 is 5.32 Å². The molecule has 20 heavy (non-hydrogen) atoms. The van der Waals surface area contributed by atoms with E-state index in [0.717, 1.165) is 11.4 Å². The van der Waals surface area contributed by atoms with Crippen molar-refractivity contribution in [3.05, 3.63) is 47.8 Å². The van der Waals surface area contributed by atoms with Gasteiger partial charge in [-0.1, -0.05) is 18.2 Å². The van der Waals surface area contributed by atoms with E-state index in [9.17, 15) is 9.59 Å². The van der Waals surface area contributed by atoms with Crippen LogP contribution >= 0.6 is 0 Å². The molecule has 102 valence electrons. The van der Waals surface area contributed by atoms with Crippen molar-refractivity contribution in [1.82, 2.24) is 20.0 Å². The van der Waals surface area contributed by atoms with Gasteiger partial charge in [0.1, 0.15) is 6.54 Å². The first-order chi connectivity index (χ1) is 9.70. The van der Waals surface area contributed by atoms with Crippen LogP contribution in [0.25, 0.3) is 5.69 Å². The Morgan fingerprint density at radius 2 is 2.10 bits per heavy atom. The zero-order valence-corrected chi connectivity index (χ0v) is 11.0. The first-order valence-electron chi connectivity index (χ1n) is 6.33. The van der Waals surface area contributed by atoms with Gasteiger partial charge in [0.05, 0.1) is 29.7 Å². The van der Waals surface area contributed by atoms with Crippen molar-refractivity contribution < 1.29 is 9.59 Å². The van der Waals surface area contributed by atoms with Crippen LogP contribution in [0.15, 0.2) is 36.5 Å². The number of carbonyl (C=O) groups excluding carboxylic acids is 2. The minimum atomic E-state index is -0.178. The first-order valence-corrected chi connectivity index (χ1v) is 6.33. The second-order valence-electron chi connectivity index (χ2n) is 4.59.